The highest BCUT2D eigenvalue weighted by Crippen LogP contribution is 2.46. The van der Waals surface area contributed by atoms with Gasteiger partial charge in [0, 0.05) is 6.07 Å². The van der Waals surface area contributed by atoms with Crippen LogP contribution in [0, 0.1) is 5.92 Å². The molecule has 6 heteroatoms. The minimum absolute atomic E-state index is 0.0504. The van der Waals surface area contributed by atoms with Crippen molar-refractivity contribution in [1.82, 2.24) is 0 Å². The van der Waals surface area contributed by atoms with Crippen LogP contribution < -0.4 is 14.2 Å². The quantitative estimate of drug-likeness (QED) is 0.896. The Hall–Kier alpha value is -2.89. The number of rotatable bonds is 4. The topological polar surface area (TPSA) is 85.2 Å². The minimum atomic E-state index is -0.425. The summed E-state index contributed by atoms with van der Waals surface area (Å²) < 4.78 is 15.6. The average Bonchev–Trinajstić information content (AvgIpc) is 2.58. The number of methoxy groups -OCH3 is 2. The van der Waals surface area contributed by atoms with E-state index in [1.807, 2.05) is 24.3 Å². The molecule has 0 fully saturated rings. The number of ether oxygens (including phenoxy) is 3. The van der Waals surface area contributed by atoms with Gasteiger partial charge >= 0.3 is 0 Å². The second kappa shape index (κ2) is 6.31. The van der Waals surface area contributed by atoms with Crippen LogP contribution in [0.3, 0.4) is 0 Å². The Balaban J connectivity index is 1.88. The third-order valence-electron chi connectivity index (χ3n) is 4.10. The second-order valence-electron chi connectivity index (χ2n) is 5.58. The van der Waals surface area contributed by atoms with E-state index in [1.165, 1.54) is 13.2 Å². The van der Waals surface area contributed by atoms with Gasteiger partial charge in [0.25, 0.3) is 0 Å². The number of phenolic OH excluding ortho intramolecular Hbond substituents is 2. The molecule has 24 heavy (non-hydrogen) atoms. The third kappa shape index (κ3) is 2.71. The summed E-state index contributed by atoms with van der Waals surface area (Å²) in [4.78, 5) is 12.7. The van der Waals surface area contributed by atoms with E-state index in [-0.39, 0.29) is 35.2 Å². The zero-order valence-electron chi connectivity index (χ0n) is 13.4. The van der Waals surface area contributed by atoms with Gasteiger partial charge in [-0.3, -0.25) is 4.79 Å². The lowest BCUT2D eigenvalue weighted by Crippen LogP contribution is -2.29. The van der Waals surface area contributed by atoms with E-state index in [4.69, 9.17) is 14.2 Å². The van der Waals surface area contributed by atoms with Crippen LogP contribution >= 0.6 is 0 Å². The van der Waals surface area contributed by atoms with Crippen LogP contribution in [0.5, 0.6) is 28.7 Å². The Morgan fingerprint density at radius 1 is 1.17 bits per heavy atom. The monoisotopic (exact) mass is 330 g/mol. The largest absolute Gasteiger partial charge is 0.504 e. The van der Waals surface area contributed by atoms with Crippen molar-refractivity contribution in [3.05, 3.63) is 41.5 Å². The van der Waals surface area contributed by atoms with Crippen molar-refractivity contribution in [1.29, 1.82) is 0 Å². The molecular formula is C18H18O6. The van der Waals surface area contributed by atoms with Crippen LogP contribution in [0.25, 0.3) is 0 Å². The molecular weight excluding hydrogens is 312 g/mol. The molecule has 2 aromatic rings. The molecule has 0 bridgehead atoms. The smallest absolute Gasteiger partial charge is 0.203 e. The number of fused-ring (bicyclic) bond motifs is 1. The number of carbonyl (C=O) groups excluding carboxylic acids is 1. The summed E-state index contributed by atoms with van der Waals surface area (Å²) in [6, 6.07) is 8.72. The van der Waals surface area contributed by atoms with Gasteiger partial charge in [0.15, 0.2) is 17.3 Å². The molecule has 6 nitrogen and oxygen atoms in total. The van der Waals surface area contributed by atoms with Crippen molar-refractivity contribution in [2.75, 3.05) is 20.8 Å². The van der Waals surface area contributed by atoms with E-state index < -0.39 is 11.7 Å². The molecule has 2 aromatic carbocycles. The third-order valence-corrected chi connectivity index (χ3v) is 4.10. The van der Waals surface area contributed by atoms with Crippen LogP contribution in [-0.2, 0) is 6.42 Å². The van der Waals surface area contributed by atoms with Crippen molar-refractivity contribution in [2.45, 2.75) is 6.42 Å². The van der Waals surface area contributed by atoms with Crippen LogP contribution in [0.15, 0.2) is 30.3 Å². The Kier molecular flexibility index (Phi) is 4.20. The molecule has 2 N–H and O–H groups in total. The summed E-state index contributed by atoms with van der Waals surface area (Å²) >= 11 is 0. The Morgan fingerprint density at radius 2 is 1.88 bits per heavy atom. The van der Waals surface area contributed by atoms with Gasteiger partial charge in [0.05, 0.1) is 26.7 Å². The van der Waals surface area contributed by atoms with Gasteiger partial charge in [-0.1, -0.05) is 12.1 Å². The van der Waals surface area contributed by atoms with E-state index in [9.17, 15) is 15.0 Å². The minimum Gasteiger partial charge on any atom is -0.504 e. The number of phenols is 2. The lowest BCUT2D eigenvalue weighted by Gasteiger charge is -2.25. The number of carbonyl (C=O) groups is 1. The molecule has 0 unspecified atom stereocenters. The SMILES string of the molecule is COc1ccc(C[C@H]2COc3cc(O)c(OC)c(O)c3C2=O)cc1. The predicted molar refractivity (Wildman–Crippen MR) is 86.3 cm³/mol. The lowest BCUT2D eigenvalue weighted by atomic mass is 9.89. The van der Waals surface area contributed by atoms with E-state index >= 15 is 0 Å². The zero-order chi connectivity index (χ0) is 17.3. The predicted octanol–water partition coefficient (Wildman–Crippen LogP) is 2.55. The first-order chi connectivity index (χ1) is 11.5. The first kappa shape index (κ1) is 16.0. The highest BCUT2D eigenvalue weighted by atomic mass is 16.5. The maximum atomic E-state index is 12.7. The van der Waals surface area contributed by atoms with Gasteiger partial charge in [-0.05, 0) is 24.1 Å². The Morgan fingerprint density at radius 3 is 2.50 bits per heavy atom. The van der Waals surface area contributed by atoms with Gasteiger partial charge in [0.1, 0.15) is 17.1 Å². The highest BCUT2D eigenvalue weighted by molar-refractivity contribution is 6.05. The molecule has 0 saturated heterocycles. The second-order valence-corrected chi connectivity index (χ2v) is 5.58. The summed E-state index contributed by atoms with van der Waals surface area (Å²) in [6.45, 7) is 0.184. The number of hydrogen-bond donors (Lipinski definition) is 2. The van der Waals surface area contributed by atoms with Crippen molar-refractivity contribution < 1.29 is 29.2 Å². The molecule has 1 aliphatic heterocycles. The summed E-state index contributed by atoms with van der Waals surface area (Å²) in [5.41, 5.74) is 1.01. The standard InChI is InChI=1S/C18H18O6/c1-22-12-5-3-10(4-6-12)7-11-9-24-14-8-13(19)18(23-2)17(21)15(14)16(11)20/h3-6,8,11,19,21H,7,9H2,1-2H3/t11-/m0/s1. The van der Waals surface area contributed by atoms with Crippen molar-refractivity contribution in [2.24, 2.45) is 5.92 Å². The molecule has 0 aliphatic carbocycles. The summed E-state index contributed by atoms with van der Waals surface area (Å²) in [7, 11) is 2.90. The fourth-order valence-corrected chi connectivity index (χ4v) is 2.83. The maximum absolute atomic E-state index is 12.7. The normalized spacial score (nSPS) is 16.2. The molecule has 0 amide bonds. The van der Waals surface area contributed by atoms with Gasteiger partial charge in [-0.2, -0.15) is 0 Å². The van der Waals surface area contributed by atoms with Crippen LogP contribution in [0.1, 0.15) is 15.9 Å². The van der Waals surface area contributed by atoms with Gasteiger partial charge in [-0.15, -0.1) is 0 Å². The molecule has 0 aromatic heterocycles. The highest BCUT2D eigenvalue weighted by Gasteiger charge is 2.34. The summed E-state index contributed by atoms with van der Waals surface area (Å²) in [6.07, 6.45) is 0.477. The van der Waals surface area contributed by atoms with Crippen LogP contribution in [-0.4, -0.2) is 36.8 Å². The fourth-order valence-electron chi connectivity index (χ4n) is 2.83. The summed E-state index contributed by atoms with van der Waals surface area (Å²) in [5.74, 6) is -0.535. The van der Waals surface area contributed by atoms with Crippen molar-refractivity contribution in [3.8, 4) is 28.7 Å². The molecule has 1 heterocycles. The number of ketones is 1. The molecule has 1 aliphatic rings. The van der Waals surface area contributed by atoms with Crippen LogP contribution in [0.2, 0.25) is 0 Å². The molecule has 0 spiro atoms. The number of hydrogen-bond acceptors (Lipinski definition) is 6. The summed E-state index contributed by atoms with van der Waals surface area (Å²) in [5, 5.41) is 20.0. The van der Waals surface area contributed by atoms with Gasteiger partial charge in [-0.25, -0.2) is 0 Å². The number of benzene rings is 2. The Labute approximate surface area is 139 Å². The molecule has 3 rings (SSSR count). The van der Waals surface area contributed by atoms with Crippen molar-refractivity contribution in [3.63, 3.8) is 0 Å². The molecule has 126 valence electrons. The van der Waals surface area contributed by atoms with E-state index in [1.54, 1.807) is 7.11 Å². The first-order valence-electron chi connectivity index (χ1n) is 7.48. The van der Waals surface area contributed by atoms with Crippen molar-refractivity contribution >= 4 is 5.78 Å². The number of Topliss-reactive ketones (excluding diaryl/α,β-unsaturated/α-hetero) is 1. The lowest BCUT2D eigenvalue weighted by molar-refractivity contribution is 0.0824. The zero-order valence-corrected chi connectivity index (χ0v) is 13.4. The molecule has 0 radical (unpaired) electrons. The van der Waals surface area contributed by atoms with E-state index in [0.29, 0.717) is 6.42 Å². The molecule has 1 atom stereocenters. The van der Waals surface area contributed by atoms with Gasteiger partial charge < -0.3 is 24.4 Å². The average molecular weight is 330 g/mol. The molecule has 0 saturated carbocycles. The Bertz CT molecular complexity index is 766. The van der Waals surface area contributed by atoms with Gasteiger partial charge in [0.2, 0.25) is 5.75 Å². The fraction of sp³-hybridized carbons (Fsp3) is 0.278. The number of aromatic hydroxyl groups is 2. The van der Waals surface area contributed by atoms with Crippen LogP contribution in [0.4, 0.5) is 0 Å². The first-order valence-corrected chi connectivity index (χ1v) is 7.48. The van der Waals surface area contributed by atoms with E-state index in [2.05, 4.69) is 0 Å². The van der Waals surface area contributed by atoms with E-state index in [0.717, 1.165) is 11.3 Å². The maximum Gasteiger partial charge on any atom is 0.203 e.